The number of methoxy groups -OCH3 is 1. The van der Waals surface area contributed by atoms with Crippen LogP contribution in [0.1, 0.15) is 41.6 Å². The highest BCUT2D eigenvalue weighted by Gasteiger charge is 2.26. The number of piperidine rings is 1. The summed E-state index contributed by atoms with van der Waals surface area (Å²) in [5.74, 6) is 2.84. The van der Waals surface area contributed by atoms with Crippen molar-refractivity contribution in [3.8, 4) is 17.4 Å². The topological polar surface area (TPSA) is 50.7 Å². The van der Waals surface area contributed by atoms with Crippen molar-refractivity contribution in [2.24, 2.45) is 0 Å². The zero-order valence-corrected chi connectivity index (χ0v) is 19.6. The molecule has 6 nitrogen and oxygen atoms in total. The lowest BCUT2D eigenvalue weighted by atomic mass is 10.0. The normalized spacial score (nSPS) is 16.4. The zero-order chi connectivity index (χ0) is 22.6. The van der Waals surface area contributed by atoms with Gasteiger partial charge in [-0.1, -0.05) is 42.0 Å². The predicted molar refractivity (Wildman–Crippen MR) is 130 cm³/mol. The van der Waals surface area contributed by atoms with E-state index in [1.807, 2.05) is 24.3 Å². The van der Waals surface area contributed by atoms with Gasteiger partial charge < -0.3 is 14.4 Å². The first-order chi connectivity index (χ1) is 16.2. The van der Waals surface area contributed by atoms with Crippen molar-refractivity contribution in [3.63, 3.8) is 0 Å². The molecular formula is C27H32N4O2. The van der Waals surface area contributed by atoms with Crippen LogP contribution in [0.3, 0.4) is 0 Å². The van der Waals surface area contributed by atoms with Gasteiger partial charge in [0, 0.05) is 39.1 Å². The Hall–Kier alpha value is -3.12. The van der Waals surface area contributed by atoms with E-state index in [9.17, 15) is 0 Å². The molecule has 0 spiro atoms. The third-order valence-electron chi connectivity index (χ3n) is 6.49. The van der Waals surface area contributed by atoms with E-state index in [4.69, 9.17) is 19.4 Å². The fourth-order valence-corrected chi connectivity index (χ4v) is 4.76. The average Bonchev–Trinajstić information content (AvgIpc) is 2.85. The second kappa shape index (κ2) is 9.79. The highest BCUT2D eigenvalue weighted by molar-refractivity contribution is 5.47. The van der Waals surface area contributed by atoms with Crippen LogP contribution in [0.5, 0.6) is 17.4 Å². The smallest absolute Gasteiger partial charge is 0.229 e. The van der Waals surface area contributed by atoms with E-state index in [0.29, 0.717) is 17.4 Å². The number of aromatic nitrogens is 2. The van der Waals surface area contributed by atoms with Gasteiger partial charge >= 0.3 is 0 Å². The van der Waals surface area contributed by atoms with Crippen LogP contribution in [0.4, 0.5) is 5.95 Å². The van der Waals surface area contributed by atoms with E-state index in [1.165, 1.54) is 30.4 Å². The van der Waals surface area contributed by atoms with Crippen molar-refractivity contribution < 1.29 is 9.47 Å². The molecular weight excluding hydrogens is 412 g/mol. The summed E-state index contributed by atoms with van der Waals surface area (Å²) >= 11 is 0. The molecule has 1 fully saturated rings. The minimum absolute atomic E-state index is 0.652. The lowest BCUT2D eigenvalue weighted by molar-refractivity contribution is 0.237. The van der Waals surface area contributed by atoms with Gasteiger partial charge in [0.2, 0.25) is 11.8 Å². The Balaban J connectivity index is 1.47. The average molecular weight is 445 g/mol. The standard InChI is InChI=1S/C27H32N4O2/c1-20-9-8-10-21(17-20)18-30-16-13-23-22(19-30)26(33-25-12-5-4-11-24(25)32-2)29-27(28-23)31-14-6-3-7-15-31/h4-5,8-12,17H,3,6-7,13-16,18-19H2,1-2H3. The van der Waals surface area contributed by atoms with E-state index in [-0.39, 0.29) is 0 Å². The van der Waals surface area contributed by atoms with Crippen LogP contribution < -0.4 is 14.4 Å². The van der Waals surface area contributed by atoms with Crippen LogP contribution in [-0.4, -0.2) is 41.6 Å². The molecule has 6 heteroatoms. The molecule has 2 aliphatic heterocycles. The lowest BCUT2D eigenvalue weighted by Gasteiger charge is -2.32. The fraction of sp³-hybridized carbons (Fsp3) is 0.407. The van der Waals surface area contributed by atoms with Gasteiger partial charge in [-0.2, -0.15) is 4.98 Å². The molecule has 2 aliphatic rings. The molecule has 2 aromatic carbocycles. The lowest BCUT2D eigenvalue weighted by Crippen LogP contribution is -2.34. The predicted octanol–water partition coefficient (Wildman–Crippen LogP) is 5.13. The van der Waals surface area contributed by atoms with Crippen LogP contribution >= 0.6 is 0 Å². The molecule has 0 N–H and O–H groups in total. The summed E-state index contributed by atoms with van der Waals surface area (Å²) in [4.78, 5) is 14.7. The summed E-state index contributed by atoms with van der Waals surface area (Å²) in [6.45, 7) is 6.81. The Morgan fingerprint density at radius 3 is 2.52 bits per heavy atom. The van der Waals surface area contributed by atoms with Crippen LogP contribution in [0.25, 0.3) is 0 Å². The third kappa shape index (κ3) is 4.96. The van der Waals surface area contributed by atoms with Crippen molar-refractivity contribution in [3.05, 3.63) is 70.9 Å². The molecule has 0 amide bonds. The largest absolute Gasteiger partial charge is 0.493 e. The van der Waals surface area contributed by atoms with E-state index >= 15 is 0 Å². The van der Waals surface area contributed by atoms with Crippen molar-refractivity contribution in [2.45, 2.75) is 45.7 Å². The second-order valence-corrected chi connectivity index (χ2v) is 9.00. The van der Waals surface area contributed by atoms with Gasteiger partial charge in [0.15, 0.2) is 11.5 Å². The maximum absolute atomic E-state index is 6.42. The molecule has 0 radical (unpaired) electrons. The van der Waals surface area contributed by atoms with Gasteiger partial charge in [-0.05, 0) is 43.9 Å². The molecule has 0 saturated carbocycles. The number of hydrogen-bond donors (Lipinski definition) is 0. The summed E-state index contributed by atoms with van der Waals surface area (Å²) in [7, 11) is 1.67. The van der Waals surface area contributed by atoms with Crippen molar-refractivity contribution in [2.75, 3.05) is 31.6 Å². The Labute approximate surface area is 196 Å². The maximum atomic E-state index is 6.42. The molecule has 0 unspecified atom stereocenters. The summed E-state index contributed by atoms with van der Waals surface area (Å²) in [5.41, 5.74) is 4.81. The zero-order valence-electron chi connectivity index (χ0n) is 19.6. The van der Waals surface area contributed by atoms with Gasteiger partial charge in [-0.15, -0.1) is 0 Å². The summed E-state index contributed by atoms with van der Waals surface area (Å²) in [6, 6.07) is 16.5. The van der Waals surface area contributed by atoms with Crippen molar-refractivity contribution >= 4 is 5.95 Å². The number of ether oxygens (including phenoxy) is 2. The van der Waals surface area contributed by atoms with E-state index in [1.54, 1.807) is 7.11 Å². The molecule has 0 aliphatic carbocycles. The summed E-state index contributed by atoms with van der Waals surface area (Å²) in [5, 5.41) is 0. The minimum atomic E-state index is 0.652. The van der Waals surface area contributed by atoms with Gasteiger partial charge in [0.05, 0.1) is 18.4 Å². The SMILES string of the molecule is COc1ccccc1Oc1nc(N2CCCCC2)nc2c1CN(Cc1cccc(C)c1)CC2. The Morgan fingerprint density at radius 2 is 1.73 bits per heavy atom. The van der Waals surface area contributed by atoms with Gasteiger partial charge in [0.25, 0.3) is 0 Å². The van der Waals surface area contributed by atoms with Gasteiger partial charge in [-0.25, -0.2) is 4.98 Å². The van der Waals surface area contributed by atoms with E-state index < -0.39 is 0 Å². The summed E-state index contributed by atoms with van der Waals surface area (Å²) < 4.78 is 11.9. The van der Waals surface area contributed by atoms with Crippen LogP contribution in [0.2, 0.25) is 0 Å². The molecule has 0 bridgehead atoms. The number of para-hydroxylation sites is 2. The molecule has 5 rings (SSSR count). The van der Waals surface area contributed by atoms with Crippen molar-refractivity contribution in [1.29, 1.82) is 0 Å². The number of rotatable bonds is 6. The molecule has 3 heterocycles. The van der Waals surface area contributed by atoms with Crippen LogP contribution in [0, 0.1) is 6.92 Å². The first kappa shape index (κ1) is 21.7. The Morgan fingerprint density at radius 1 is 0.909 bits per heavy atom. The summed E-state index contributed by atoms with van der Waals surface area (Å²) in [6.07, 6.45) is 4.55. The monoisotopic (exact) mass is 444 g/mol. The number of anilines is 1. The van der Waals surface area contributed by atoms with Gasteiger partial charge in [0.1, 0.15) is 0 Å². The van der Waals surface area contributed by atoms with Crippen LogP contribution in [-0.2, 0) is 19.5 Å². The first-order valence-electron chi connectivity index (χ1n) is 11.9. The Kier molecular flexibility index (Phi) is 6.44. The minimum Gasteiger partial charge on any atom is -0.493 e. The van der Waals surface area contributed by atoms with Gasteiger partial charge in [-0.3, -0.25) is 4.90 Å². The highest BCUT2D eigenvalue weighted by atomic mass is 16.5. The number of aryl methyl sites for hydroxylation is 1. The number of fused-ring (bicyclic) bond motifs is 1. The second-order valence-electron chi connectivity index (χ2n) is 9.00. The number of nitrogens with zero attached hydrogens (tertiary/aromatic N) is 4. The van der Waals surface area contributed by atoms with Crippen LogP contribution in [0.15, 0.2) is 48.5 Å². The molecule has 172 valence electrons. The Bertz CT molecular complexity index is 1110. The van der Waals surface area contributed by atoms with E-state index in [0.717, 1.165) is 56.4 Å². The molecule has 1 aromatic heterocycles. The first-order valence-corrected chi connectivity index (χ1v) is 11.9. The van der Waals surface area contributed by atoms with Crippen molar-refractivity contribution in [1.82, 2.24) is 14.9 Å². The highest BCUT2D eigenvalue weighted by Crippen LogP contribution is 2.36. The molecule has 1 saturated heterocycles. The maximum Gasteiger partial charge on any atom is 0.229 e. The third-order valence-corrected chi connectivity index (χ3v) is 6.49. The molecule has 3 aromatic rings. The fourth-order valence-electron chi connectivity index (χ4n) is 4.76. The number of benzene rings is 2. The molecule has 33 heavy (non-hydrogen) atoms. The molecule has 0 atom stereocenters. The quantitative estimate of drug-likeness (QED) is 0.525. The number of hydrogen-bond acceptors (Lipinski definition) is 6. The van der Waals surface area contributed by atoms with E-state index in [2.05, 4.69) is 41.0 Å².